The Hall–Kier alpha value is -2.55. The largest absolute Gasteiger partial charge is 0.504 e. The fourth-order valence-electron chi connectivity index (χ4n) is 2.79. The molecule has 0 fully saturated rings. The van der Waals surface area contributed by atoms with E-state index in [1.807, 2.05) is 47.1 Å². The maximum atomic E-state index is 10.8. The van der Waals surface area contributed by atoms with E-state index in [1.54, 1.807) is 0 Å². The molecular formula is C20H22N2O. The molecule has 0 unspecified atom stereocenters. The average molecular weight is 306 g/mol. The Bertz CT molecular complexity index is 804. The van der Waals surface area contributed by atoms with Gasteiger partial charge in [-0.05, 0) is 37.5 Å². The highest BCUT2D eigenvalue weighted by molar-refractivity contribution is 5.70. The number of rotatable bonds is 4. The standard InChI is InChI=1S/C20H22N2O/c1-14(2)12-18-20(23)19(16-9-7-8-15(3)13-16)22(21-18)17-10-5-4-6-11-17/h4-11,13-14,23H,12H2,1-3H3. The molecule has 23 heavy (non-hydrogen) atoms. The summed E-state index contributed by atoms with van der Waals surface area (Å²) in [6, 6.07) is 18.1. The van der Waals surface area contributed by atoms with Gasteiger partial charge in [-0.2, -0.15) is 5.10 Å². The first-order valence-electron chi connectivity index (χ1n) is 7.99. The van der Waals surface area contributed by atoms with E-state index in [9.17, 15) is 5.11 Å². The molecule has 3 heteroatoms. The monoisotopic (exact) mass is 306 g/mol. The van der Waals surface area contributed by atoms with E-state index in [4.69, 9.17) is 5.10 Å². The van der Waals surface area contributed by atoms with Crippen molar-refractivity contribution in [3.63, 3.8) is 0 Å². The maximum absolute atomic E-state index is 10.8. The highest BCUT2D eigenvalue weighted by Gasteiger charge is 2.20. The van der Waals surface area contributed by atoms with Gasteiger partial charge in [0, 0.05) is 5.56 Å². The lowest BCUT2D eigenvalue weighted by molar-refractivity contribution is 0.464. The Kier molecular flexibility index (Phi) is 4.20. The minimum absolute atomic E-state index is 0.285. The number of nitrogens with zero attached hydrogens (tertiary/aromatic N) is 2. The minimum atomic E-state index is 0.285. The van der Waals surface area contributed by atoms with Gasteiger partial charge in [0.25, 0.3) is 0 Å². The molecule has 0 aliphatic carbocycles. The summed E-state index contributed by atoms with van der Waals surface area (Å²) in [5.41, 5.74) is 4.60. The first kappa shape index (κ1) is 15.3. The van der Waals surface area contributed by atoms with Gasteiger partial charge in [-0.1, -0.05) is 55.8 Å². The highest BCUT2D eigenvalue weighted by Crippen LogP contribution is 2.35. The highest BCUT2D eigenvalue weighted by atomic mass is 16.3. The summed E-state index contributed by atoms with van der Waals surface area (Å²) in [5.74, 6) is 0.721. The second-order valence-electron chi connectivity index (χ2n) is 6.36. The predicted molar refractivity (Wildman–Crippen MR) is 93.9 cm³/mol. The molecule has 3 rings (SSSR count). The maximum Gasteiger partial charge on any atom is 0.165 e. The van der Waals surface area contributed by atoms with E-state index >= 15 is 0 Å². The molecule has 2 aromatic carbocycles. The van der Waals surface area contributed by atoms with Gasteiger partial charge in [-0.25, -0.2) is 4.68 Å². The second kappa shape index (κ2) is 6.29. The fraction of sp³-hybridized carbons (Fsp3) is 0.250. The van der Waals surface area contributed by atoms with Crippen LogP contribution in [-0.4, -0.2) is 14.9 Å². The molecule has 0 aliphatic rings. The smallest absolute Gasteiger partial charge is 0.165 e. The van der Waals surface area contributed by atoms with Crippen molar-refractivity contribution in [2.24, 2.45) is 5.92 Å². The number of hydrogen-bond donors (Lipinski definition) is 1. The molecule has 1 aromatic heterocycles. The number of hydrogen-bond acceptors (Lipinski definition) is 2. The summed E-state index contributed by atoms with van der Waals surface area (Å²) in [6.07, 6.45) is 0.754. The molecule has 1 N–H and O–H groups in total. The van der Waals surface area contributed by atoms with Gasteiger partial charge < -0.3 is 5.11 Å². The lowest BCUT2D eigenvalue weighted by Gasteiger charge is -2.08. The molecule has 0 radical (unpaired) electrons. The number of benzene rings is 2. The van der Waals surface area contributed by atoms with E-state index in [0.717, 1.165) is 34.6 Å². The molecule has 0 amide bonds. The van der Waals surface area contributed by atoms with Gasteiger partial charge in [0.2, 0.25) is 0 Å². The van der Waals surface area contributed by atoms with Gasteiger partial charge in [0.15, 0.2) is 5.75 Å². The second-order valence-corrected chi connectivity index (χ2v) is 6.36. The normalized spacial score (nSPS) is 11.1. The number of para-hydroxylation sites is 1. The summed E-state index contributed by atoms with van der Waals surface area (Å²) in [5, 5.41) is 15.5. The molecule has 0 saturated heterocycles. The SMILES string of the molecule is Cc1cccc(-c2c(O)c(CC(C)C)nn2-c2ccccc2)c1. The van der Waals surface area contributed by atoms with Gasteiger partial charge >= 0.3 is 0 Å². The van der Waals surface area contributed by atoms with Crippen molar-refractivity contribution >= 4 is 0 Å². The third-order valence-electron chi connectivity index (χ3n) is 3.82. The Balaban J connectivity index is 2.21. The number of aromatic nitrogens is 2. The van der Waals surface area contributed by atoms with Gasteiger partial charge in [0.1, 0.15) is 11.4 Å². The first-order valence-corrected chi connectivity index (χ1v) is 7.99. The molecule has 3 nitrogen and oxygen atoms in total. The van der Waals surface area contributed by atoms with Crippen molar-refractivity contribution in [2.45, 2.75) is 27.2 Å². The summed E-state index contributed by atoms with van der Waals surface area (Å²) < 4.78 is 1.85. The molecule has 1 heterocycles. The van der Waals surface area contributed by atoms with Crippen molar-refractivity contribution < 1.29 is 5.11 Å². The van der Waals surface area contributed by atoms with Crippen LogP contribution in [0.1, 0.15) is 25.1 Å². The van der Waals surface area contributed by atoms with Crippen LogP contribution in [0.3, 0.4) is 0 Å². The molecule has 0 atom stereocenters. The zero-order chi connectivity index (χ0) is 16.4. The van der Waals surface area contributed by atoms with Crippen LogP contribution >= 0.6 is 0 Å². The zero-order valence-corrected chi connectivity index (χ0v) is 13.8. The summed E-state index contributed by atoms with van der Waals surface area (Å²) in [6.45, 7) is 6.32. The van der Waals surface area contributed by atoms with Crippen LogP contribution in [0.5, 0.6) is 5.75 Å². The van der Waals surface area contributed by atoms with E-state index in [2.05, 4.69) is 32.9 Å². The van der Waals surface area contributed by atoms with Gasteiger partial charge in [-0.3, -0.25) is 0 Å². The van der Waals surface area contributed by atoms with E-state index in [-0.39, 0.29) is 5.75 Å². The van der Waals surface area contributed by atoms with Crippen molar-refractivity contribution in [3.8, 4) is 22.7 Å². The number of aromatic hydroxyl groups is 1. The van der Waals surface area contributed by atoms with Gasteiger partial charge in [-0.15, -0.1) is 0 Å². The minimum Gasteiger partial charge on any atom is -0.504 e. The van der Waals surface area contributed by atoms with E-state index < -0.39 is 0 Å². The van der Waals surface area contributed by atoms with Crippen LogP contribution in [0.15, 0.2) is 54.6 Å². The summed E-state index contributed by atoms with van der Waals surface area (Å²) in [4.78, 5) is 0. The van der Waals surface area contributed by atoms with E-state index in [0.29, 0.717) is 5.92 Å². The average Bonchev–Trinajstić information content (AvgIpc) is 2.84. The number of aryl methyl sites for hydroxylation is 1. The lowest BCUT2D eigenvalue weighted by atomic mass is 10.0. The Labute approximate surface area is 137 Å². The molecule has 0 aliphatic heterocycles. The molecular weight excluding hydrogens is 284 g/mol. The zero-order valence-electron chi connectivity index (χ0n) is 13.8. The van der Waals surface area contributed by atoms with Crippen molar-refractivity contribution in [1.82, 2.24) is 9.78 Å². The van der Waals surface area contributed by atoms with Crippen molar-refractivity contribution in [3.05, 3.63) is 65.9 Å². The van der Waals surface area contributed by atoms with Crippen LogP contribution in [0.25, 0.3) is 16.9 Å². The Morgan fingerprint density at radius 2 is 1.78 bits per heavy atom. The van der Waals surface area contributed by atoms with Crippen molar-refractivity contribution in [2.75, 3.05) is 0 Å². The fourth-order valence-corrected chi connectivity index (χ4v) is 2.79. The van der Waals surface area contributed by atoms with Crippen LogP contribution < -0.4 is 0 Å². The third-order valence-corrected chi connectivity index (χ3v) is 3.82. The van der Waals surface area contributed by atoms with Crippen LogP contribution in [0.4, 0.5) is 0 Å². The lowest BCUT2D eigenvalue weighted by Crippen LogP contribution is -2.00. The molecule has 3 aromatic rings. The summed E-state index contributed by atoms with van der Waals surface area (Å²) >= 11 is 0. The topological polar surface area (TPSA) is 38.1 Å². The van der Waals surface area contributed by atoms with Crippen molar-refractivity contribution in [1.29, 1.82) is 0 Å². The predicted octanol–water partition coefficient (Wildman–Crippen LogP) is 4.75. The molecule has 0 spiro atoms. The van der Waals surface area contributed by atoms with E-state index in [1.165, 1.54) is 0 Å². The Morgan fingerprint density at radius 3 is 2.43 bits per heavy atom. The van der Waals surface area contributed by atoms with Crippen LogP contribution in [0.2, 0.25) is 0 Å². The van der Waals surface area contributed by atoms with Crippen LogP contribution in [-0.2, 0) is 6.42 Å². The van der Waals surface area contributed by atoms with Gasteiger partial charge in [0.05, 0.1) is 5.69 Å². The first-order chi connectivity index (χ1) is 11.1. The third kappa shape index (κ3) is 3.14. The summed E-state index contributed by atoms with van der Waals surface area (Å²) in [7, 11) is 0. The Morgan fingerprint density at radius 1 is 1.04 bits per heavy atom. The van der Waals surface area contributed by atoms with Crippen LogP contribution in [0, 0.1) is 12.8 Å². The quantitative estimate of drug-likeness (QED) is 0.755. The molecule has 118 valence electrons. The molecule has 0 saturated carbocycles. The molecule has 0 bridgehead atoms.